The number of aliphatic hydroxyl groups is 1. The van der Waals surface area contributed by atoms with Crippen molar-refractivity contribution in [2.75, 3.05) is 0 Å². The highest BCUT2D eigenvalue weighted by Gasteiger charge is 2.35. The molecule has 0 spiro atoms. The number of rotatable bonds is 2. The summed E-state index contributed by atoms with van der Waals surface area (Å²) in [6.07, 6.45) is 13.8. The quantitative estimate of drug-likeness (QED) is 0.558. The molecule has 0 amide bonds. The lowest BCUT2D eigenvalue weighted by molar-refractivity contribution is -0.0979. The van der Waals surface area contributed by atoms with Gasteiger partial charge in [-0.3, -0.25) is 0 Å². The monoisotopic (exact) mass is 368 g/mol. The van der Waals surface area contributed by atoms with Crippen molar-refractivity contribution in [3.8, 4) is 0 Å². The molecule has 0 aliphatic heterocycles. The fourth-order valence-corrected chi connectivity index (χ4v) is 3.20. The Hall–Kier alpha value is -0.890. The second kappa shape index (κ2) is 18.9. The molecule has 0 saturated heterocycles. The zero-order chi connectivity index (χ0) is 19.8. The van der Waals surface area contributed by atoms with Gasteiger partial charge < -0.3 is 9.90 Å². The molecule has 2 rings (SSSR count). The Balaban J connectivity index is -0.000000408. The molecular weight excluding hydrogens is 320 g/mol. The standard InChI is InChI=1S/C14H22O.C5H12.C3H8.CH2O.CH4/c1-3-12-10(2)8-9-11-6-4-5-7-13(15)14(11)12;1-4-5(2)3;1-3-2;1-2;/h6,8-10,12-15H,3-5,7H2,1-2H3;5H,4H2,1-3H3;3H2,1-2H3;1H2;1H4/t10?,12?,13-,14?;;;;/m0..../s1. The van der Waals surface area contributed by atoms with Gasteiger partial charge in [-0.2, -0.15) is 0 Å². The third-order valence-electron chi connectivity index (χ3n) is 4.90. The SMILES string of the molecule is C.C=O.CCC.CCC(C)C.CCC1C(C)C=CC2=CCCC[C@H](O)C21. The van der Waals surface area contributed by atoms with Crippen LogP contribution in [0.25, 0.3) is 0 Å². The number of hydrogen-bond donors (Lipinski definition) is 1. The van der Waals surface area contributed by atoms with Gasteiger partial charge in [0.05, 0.1) is 6.10 Å². The molecule has 0 saturated carbocycles. The summed E-state index contributed by atoms with van der Waals surface area (Å²) in [5.74, 6) is 2.53. The highest BCUT2D eigenvalue weighted by atomic mass is 16.3. The van der Waals surface area contributed by atoms with Crippen molar-refractivity contribution in [2.24, 2.45) is 23.7 Å². The van der Waals surface area contributed by atoms with Gasteiger partial charge in [0.1, 0.15) is 6.79 Å². The van der Waals surface area contributed by atoms with Crippen LogP contribution >= 0.6 is 0 Å². The molecule has 156 valence electrons. The minimum Gasteiger partial charge on any atom is -0.392 e. The van der Waals surface area contributed by atoms with Crippen LogP contribution in [0.2, 0.25) is 0 Å². The minimum absolute atomic E-state index is 0. The molecule has 0 radical (unpaired) electrons. The first-order valence-corrected chi connectivity index (χ1v) is 10.3. The third kappa shape index (κ3) is 11.7. The summed E-state index contributed by atoms with van der Waals surface area (Å²) in [5.41, 5.74) is 1.39. The van der Waals surface area contributed by atoms with Crippen LogP contribution in [0.15, 0.2) is 23.8 Å². The maximum absolute atomic E-state index is 10.2. The Kier molecular flexibility index (Phi) is 21.7. The van der Waals surface area contributed by atoms with Crippen molar-refractivity contribution in [3.05, 3.63) is 23.8 Å². The van der Waals surface area contributed by atoms with Crippen LogP contribution < -0.4 is 0 Å². The largest absolute Gasteiger partial charge is 0.392 e. The molecule has 2 aliphatic rings. The molecular formula is C24H48O2. The highest BCUT2D eigenvalue weighted by molar-refractivity contribution is 5.29. The van der Waals surface area contributed by atoms with Gasteiger partial charge in [0, 0.05) is 5.92 Å². The van der Waals surface area contributed by atoms with E-state index in [1.54, 1.807) is 0 Å². The molecule has 2 aliphatic carbocycles. The second-order valence-electron chi connectivity index (χ2n) is 7.53. The Labute approximate surface area is 165 Å². The molecule has 0 aromatic rings. The zero-order valence-corrected chi connectivity index (χ0v) is 17.9. The maximum atomic E-state index is 10.2. The van der Waals surface area contributed by atoms with E-state index in [-0.39, 0.29) is 13.5 Å². The molecule has 2 heteroatoms. The van der Waals surface area contributed by atoms with Crippen molar-refractivity contribution >= 4 is 6.79 Å². The van der Waals surface area contributed by atoms with Crippen LogP contribution in [-0.4, -0.2) is 18.0 Å². The molecule has 3 unspecified atom stereocenters. The number of aliphatic hydroxyl groups excluding tert-OH is 1. The van der Waals surface area contributed by atoms with Crippen LogP contribution in [0, 0.1) is 23.7 Å². The van der Waals surface area contributed by atoms with E-state index >= 15 is 0 Å². The molecule has 0 fully saturated rings. The topological polar surface area (TPSA) is 37.3 Å². The summed E-state index contributed by atoms with van der Waals surface area (Å²) in [6, 6.07) is 0. The summed E-state index contributed by atoms with van der Waals surface area (Å²) in [7, 11) is 0. The average molecular weight is 369 g/mol. The molecule has 4 atom stereocenters. The minimum atomic E-state index is -0.115. The van der Waals surface area contributed by atoms with Crippen molar-refractivity contribution in [3.63, 3.8) is 0 Å². The molecule has 0 bridgehead atoms. The molecule has 1 N–H and O–H groups in total. The van der Waals surface area contributed by atoms with Gasteiger partial charge in [-0.25, -0.2) is 0 Å². The van der Waals surface area contributed by atoms with Crippen molar-refractivity contribution < 1.29 is 9.90 Å². The van der Waals surface area contributed by atoms with E-state index in [9.17, 15) is 5.11 Å². The predicted molar refractivity (Wildman–Crippen MR) is 118 cm³/mol. The number of fused-ring (bicyclic) bond motifs is 1. The lowest BCUT2D eigenvalue weighted by Gasteiger charge is -2.36. The van der Waals surface area contributed by atoms with E-state index < -0.39 is 0 Å². The third-order valence-corrected chi connectivity index (χ3v) is 4.90. The predicted octanol–water partition coefficient (Wildman–Crippen LogP) is 7.23. The summed E-state index contributed by atoms with van der Waals surface area (Å²) in [5, 5.41) is 10.2. The summed E-state index contributed by atoms with van der Waals surface area (Å²) >= 11 is 0. The number of carbonyl (C=O) groups is 1. The smallest absolute Gasteiger partial charge is 0.106 e. The van der Waals surface area contributed by atoms with Gasteiger partial charge in [-0.05, 0) is 42.6 Å². The van der Waals surface area contributed by atoms with Crippen molar-refractivity contribution in [1.29, 1.82) is 0 Å². The van der Waals surface area contributed by atoms with E-state index in [0.717, 1.165) is 25.2 Å². The molecule has 0 aromatic heterocycles. The first kappa shape index (κ1) is 29.9. The zero-order valence-electron chi connectivity index (χ0n) is 17.9. The van der Waals surface area contributed by atoms with Gasteiger partial charge >= 0.3 is 0 Å². The van der Waals surface area contributed by atoms with Crippen molar-refractivity contribution in [1.82, 2.24) is 0 Å². The van der Waals surface area contributed by atoms with Crippen LogP contribution in [0.5, 0.6) is 0 Å². The summed E-state index contributed by atoms with van der Waals surface area (Å²) in [4.78, 5) is 8.00. The average Bonchev–Trinajstić information content (AvgIpc) is 2.80. The van der Waals surface area contributed by atoms with Gasteiger partial charge in [-0.1, -0.05) is 93.4 Å². The van der Waals surface area contributed by atoms with E-state index in [1.807, 2.05) is 6.79 Å². The first-order chi connectivity index (χ1) is 11.9. The van der Waals surface area contributed by atoms with E-state index in [4.69, 9.17) is 4.79 Å². The Morgan fingerprint density at radius 1 is 1.19 bits per heavy atom. The number of allylic oxidation sites excluding steroid dienone is 3. The van der Waals surface area contributed by atoms with Crippen LogP contribution in [0.1, 0.15) is 94.4 Å². The van der Waals surface area contributed by atoms with Crippen molar-refractivity contribution in [2.45, 2.75) is 101 Å². The van der Waals surface area contributed by atoms with Gasteiger partial charge in [0.2, 0.25) is 0 Å². The van der Waals surface area contributed by atoms with Gasteiger partial charge in [0.25, 0.3) is 0 Å². The van der Waals surface area contributed by atoms with Crippen LogP contribution in [-0.2, 0) is 4.79 Å². The highest BCUT2D eigenvalue weighted by Crippen LogP contribution is 2.40. The fourth-order valence-electron chi connectivity index (χ4n) is 3.20. The van der Waals surface area contributed by atoms with E-state index in [0.29, 0.717) is 17.8 Å². The summed E-state index contributed by atoms with van der Waals surface area (Å²) in [6.45, 7) is 17.4. The lowest BCUT2D eigenvalue weighted by Crippen LogP contribution is -2.33. The summed E-state index contributed by atoms with van der Waals surface area (Å²) < 4.78 is 0. The van der Waals surface area contributed by atoms with E-state index in [2.05, 4.69) is 66.7 Å². The molecule has 2 nitrogen and oxygen atoms in total. The lowest BCUT2D eigenvalue weighted by atomic mass is 9.70. The maximum Gasteiger partial charge on any atom is 0.106 e. The molecule has 26 heavy (non-hydrogen) atoms. The Morgan fingerprint density at radius 3 is 2.12 bits per heavy atom. The normalized spacial score (nSPS) is 26.1. The fraction of sp³-hybridized carbons (Fsp3) is 0.792. The number of hydrogen-bond acceptors (Lipinski definition) is 2. The molecule has 0 heterocycles. The Bertz CT molecular complexity index is 357. The first-order valence-electron chi connectivity index (χ1n) is 10.3. The van der Waals surface area contributed by atoms with Crippen LogP contribution in [0.3, 0.4) is 0 Å². The van der Waals surface area contributed by atoms with E-state index in [1.165, 1.54) is 24.8 Å². The van der Waals surface area contributed by atoms with Crippen LogP contribution in [0.4, 0.5) is 0 Å². The van der Waals surface area contributed by atoms with Gasteiger partial charge in [0.15, 0.2) is 0 Å². The number of carbonyl (C=O) groups excluding carboxylic acids is 1. The Morgan fingerprint density at radius 2 is 1.69 bits per heavy atom. The molecule has 0 aromatic carbocycles. The second-order valence-corrected chi connectivity index (χ2v) is 7.53. The van der Waals surface area contributed by atoms with Gasteiger partial charge in [-0.15, -0.1) is 0 Å².